The van der Waals surface area contributed by atoms with Gasteiger partial charge >= 0.3 is 48.1 Å². The summed E-state index contributed by atoms with van der Waals surface area (Å²) in [7, 11) is 0. The van der Waals surface area contributed by atoms with E-state index >= 15 is 0 Å². The van der Waals surface area contributed by atoms with Crippen LogP contribution >= 0.6 is 0 Å². The van der Waals surface area contributed by atoms with E-state index in [0.717, 1.165) is 0 Å². The van der Waals surface area contributed by atoms with E-state index in [4.69, 9.17) is 85.3 Å². The van der Waals surface area contributed by atoms with Crippen LogP contribution in [0.3, 0.4) is 0 Å². The fourth-order valence-electron chi connectivity index (χ4n) is 0. The Morgan fingerprint density at radius 2 is 0.524 bits per heavy atom. The van der Waals surface area contributed by atoms with Crippen molar-refractivity contribution in [1.82, 2.24) is 18.5 Å². The van der Waals surface area contributed by atoms with Crippen LogP contribution in [0.1, 0.15) is 0 Å². The van der Waals surface area contributed by atoms with Gasteiger partial charge in [-0.3, -0.25) is 0 Å². The van der Waals surface area contributed by atoms with Crippen molar-refractivity contribution in [3.63, 3.8) is 0 Å². The van der Waals surface area contributed by atoms with E-state index in [2.05, 4.69) is 0 Å². The summed E-state index contributed by atoms with van der Waals surface area (Å²) in [6.45, 7) is 28.5. The summed E-state index contributed by atoms with van der Waals surface area (Å²) in [5.41, 5.74) is 0. The molecule has 13 nitrogen and oxygen atoms in total. The molecule has 11 N–H and O–H groups in total. The van der Waals surface area contributed by atoms with Crippen LogP contribution in [0.2, 0.25) is 0 Å². The number of nitrogens with zero attached hydrogens (tertiary/aromatic N) is 6. The third-order valence-electron chi connectivity index (χ3n) is 0. The molecule has 0 saturated carbocycles. The standard InChI is InChI=1S/6CN.Fe.Mo.3H3N.2H2O.2O/c6*1-2;;;;;;;;;/h;;;;;;;;3*1H3;2*1H2;;/q6*-1;+6;+2;;;;;;;/p-2. The van der Waals surface area contributed by atoms with E-state index in [0.29, 0.717) is 0 Å². The van der Waals surface area contributed by atoms with Crippen LogP contribution < -0.4 is 18.5 Å². The van der Waals surface area contributed by atoms with Gasteiger partial charge in [0.15, 0.2) is 0 Å². The molecule has 21 heavy (non-hydrogen) atoms. The van der Waals surface area contributed by atoms with Crippen LogP contribution in [-0.2, 0) is 40.6 Å². The second-order valence-electron chi connectivity index (χ2n) is 0.448. The first-order valence-electron chi connectivity index (χ1n) is 2.04. The van der Waals surface area contributed by atoms with E-state index in [1.54, 1.807) is 0 Å². The molecule has 0 saturated heterocycles. The molecule has 0 heterocycles. The minimum atomic E-state index is -5.52. The topological polar surface area (TPSA) is 322 Å². The van der Waals surface area contributed by atoms with Crippen molar-refractivity contribution in [3.8, 4) is 0 Å². The number of hydrogen-bond donors (Lipinski definition) is 5. The third-order valence-corrected chi connectivity index (χ3v) is 0. The summed E-state index contributed by atoms with van der Waals surface area (Å²) in [6.07, 6.45) is 0. The van der Waals surface area contributed by atoms with Crippen molar-refractivity contribution in [3.05, 3.63) is 39.4 Å². The zero-order chi connectivity index (χ0) is 16.5. The monoisotopic (exact) mass is 427 g/mol. The fraction of sp³-hybridized carbons (Fsp3) is 0. The van der Waals surface area contributed by atoms with Gasteiger partial charge in [0.2, 0.25) is 0 Å². The quantitative estimate of drug-likeness (QED) is 0.246. The molecule has 0 radical (unpaired) electrons. The predicted octanol–water partition coefficient (Wildman–Crippen LogP) is -0.292. The van der Waals surface area contributed by atoms with Gasteiger partial charge in [-0.15, -0.1) is 0 Å². The van der Waals surface area contributed by atoms with Crippen LogP contribution in [0.4, 0.5) is 0 Å². The SMILES string of the molecule is N.N.N.[C-]#N.[C-]#N.[C-]#N.[C-]#N.[C-]#N.[C-]#N.[Fe+6].[O]=[Mo](=[O])([OH])[OH]. The fourth-order valence-corrected chi connectivity index (χ4v) is 0. The minimum absolute atomic E-state index is 0. The molecule has 0 aliphatic heterocycles. The second-order valence-corrected chi connectivity index (χ2v) is 2.65. The normalized spacial score (nSPS) is 3.33. The zero-order valence-corrected chi connectivity index (χ0v) is 13.4. The Labute approximate surface area is 137 Å². The average molecular weight is 425 g/mol. The molecule has 0 atom stereocenters. The van der Waals surface area contributed by atoms with Crippen LogP contribution in [0.25, 0.3) is 0 Å². The van der Waals surface area contributed by atoms with E-state index in [-0.39, 0.29) is 35.5 Å². The second kappa shape index (κ2) is 382. The van der Waals surface area contributed by atoms with Crippen molar-refractivity contribution in [2.75, 3.05) is 0 Å². The summed E-state index contributed by atoms with van der Waals surface area (Å²) >= 11 is -5.52. The Hall–Kier alpha value is -2.45. The first-order chi connectivity index (χ1) is 8.00. The average Bonchev–Trinajstić information content (AvgIpc) is 2.41. The van der Waals surface area contributed by atoms with Crippen LogP contribution in [0.15, 0.2) is 0 Å². The molecule has 0 aromatic rings. The molecule has 0 aromatic heterocycles. The van der Waals surface area contributed by atoms with Gasteiger partial charge in [0.1, 0.15) is 0 Å². The van der Waals surface area contributed by atoms with Crippen LogP contribution in [0.5, 0.6) is 0 Å². The molecular formula is C6H11FeMoN9O4. The summed E-state index contributed by atoms with van der Waals surface area (Å²) in [4.78, 5) is 0. The molecular weight excluding hydrogens is 414 g/mol. The molecule has 118 valence electrons. The number of rotatable bonds is 0. The molecule has 0 aromatic carbocycles. The molecule has 0 spiro atoms. The van der Waals surface area contributed by atoms with Gasteiger partial charge in [-0.1, -0.05) is 0 Å². The predicted molar refractivity (Wildman–Crippen MR) is 50.7 cm³/mol. The van der Waals surface area contributed by atoms with Crippen molar-refractivity contribution < 1.29 is 48.1 Å². The Balaban J connectivity index is -0.00000000629. The van der Waals surface area contributed by atoms with E-state index in [1.165, 1.54) is 0 Å². The van der Waals surface area contributed by atoms with Gasteiger partial charge in [0.25, 0.3) is 0 Å². The molecule has 0 aliphatic carbocycles. The van der Waals surface area contributed by atoms with Gasteiger partial charge in [0.05, 0.1) is 0 Å². The molecule has 0 bridgehead atoms. The van der Waals surface area contributed by atoms with E-state index in [1.807, 2.05) is 0 Å². The molecule has 15 heteroatoms. The molecule has 0 aliphatic rings. The van der Waals surface area contributed by atoms with Gasteiger partial charge < -0.3 is 89.5 Å². The molecule has 0 amide bonds. The summed E-state index contributed by atoms with van der Waals surface area (Å²) in [5, 5.41) is 37.5. The summed E-state index contributed by atoms with van der Waals surface area (Å²) in [5.74, 6) is 0. The zero-order valence-electron chi connectivity index (χ0n) is 10.3. The Bertz CT molecular complexity index is 264. The summed E-state index contributed by atoms with van der Waals surface area (Å²) in [6, 6.07) is 0. The van der Waals surface area contributed by atoms with Crippen LogP contribution in [-0.4, -0.2) is 7.52 Å². The van der Waals surface area contributed by atoms with Gasteiger partial charge in [-0.05, 0) is 0 Å². The van der Waals surface area contributed by atoms with E-state index in [9.17, 15) is 0 Å². The van der Waals surface area contributed by atoms with Crippen molar-refractivity contribution in [1.29, 1.82) is 31.6 Å². The van der Waals surface area contributed by atoms with Gasteiger partial charge in [-0.2, -0.15) is 0 Å². The molecule has 0 fully saturated rings. The van der Waals surface area contributed by atoms with E-state index < -0.39 is 16.7 Å². The first kappa shape index (κ1) is 100. The maximum absolute atomic E-state index is 8.85. The first-order valence-corrected chi connectivity index (χ1v) is 5.47. The molecule has 0 unspecified atom stereocenters. The third kappa shape index (κ3) is 705. The number of hydrogen-bond acceptors (Lipinski definition) is 11. The van der Waals surface area contributed by atoms with Crippen molar-refractivity contribution in [2.45, 2.75) is 0 Å². The van der Waals surface area contributed by atoms with Gasteiger partial charge in [-0.25, -0.2) is 0 Å². The molecule has 0 rings (SSSR count). The van der Waals surface area contributed by atoms with Gasteiger partial charge in [0, 0.05) is 0 Å². The Morgan fingerprint density at radius 3 is 0.524 bits per heavy atom. The Morgan fingerprint density at radius 1 is 0.524 bits per heavy atom. The van der Waals surface area contributed by atoms with Crippen molar-refractivity contribution >= 4 is 0 Å². The van der Waals surface area contributed by atoms with Crippen LogP contribution in [0, 0.1) is 71.0 Å². The van der Waals surface area contributed by atoms with Crippen molar-refractivity contribution in [2.24, 2.45) is 0 Å². The Kier molecular flexibility index (Phi) is 1820. The summed E-state index contributed by atoms with van der Waals surface area (Å²) < 4.78 is 32.0. The maximum atomic E-state index is 8.85.